The van der Waals surface area contributed by atoms with E-state index in [1.165, 1.54) is 32.1 Å². The maximum Gasteiger partial charge on any atom is 0.0855 e. The van der Waals surface area contributed by atoms with Crippen molar-refractivity contribution in [1.29, 1.82) is 0 Å². The van der Waals surface area contributed by atoms with E-state index in [0.717, 1.165) is 32.2 Å². The van der Waals surface area contributed by atoms with E-state index in [-0.39, 0.29) is 0 Å². The van der Waals surface area contributed by atoms with Crippen molar-refractivity contribution in [2.24, 2.45) is 5.92 Å². The minimum atomic E-state index is 0.386. The quantitative estimate of drug-likeness (QED) is 0.801. The molecule has 2 rings (SSSR count). The lowest BCUT2D eigenvalue weighted by Crippen LogP contribution is -2.54. The molecule has 1 saturated heterocycles. The van der Waals surface area contributed by atoms with Crippen molar-refractivity contribution in [3.05, 3.63) is 0 Å². The summed E-state index contributed by atoms with van der Waals surface area (Å²) in [5.41, 5.74) is 0. The topological polar surface area (TPSA) is 24.5 Å². The van der Waals surface area contributed by atoms with Crippen LogP contribution in [0.3, 0.4) is 0 Å². The van der Waals surface area contributed by atoms with E-state index in [4.69, 9.17) is 4.74 Å². The summed E-state index contributed by atoms with van der Waals surface area (Å²) in [5.74, 6) is 0.932. The second-order valence-electron chi connectivity index (χ2n) is 6.55. The molecule has 1 heterocycles. The SMILES string of the molecule is CCNC(CC1CCCC1)C1CN(C(C)C)CCO1. The van der Waals surface area contributed by atoms with Crippen LogP contribution in [0.2, 0.25) is 0 Å². The Morgan fingerprint density at radius 3 is 2.63 bits per heavy atom. The van der Waals surface area contributed by atoms with Gasteiger partial charge in [-0.1, -0.05) is 32.6 Å². The number of nitrogens with zero attached hydrogens (tertiary/aromatic N) is 1. The minimum Gasteiger partial charge on any atom is -0.374 e. The van der Waals surface area contributed by atoms with Crippen LogP contribution in [0.5, 0.6) is 0 Å². The first-order valence-electron chi connectivity index (χ1n) is 8.29. The Morgan fingerprint density at radius 1 is 1.26 bits per heavy atom. The predicted molar refractivity (Wildman–Crippen MR) is 80.5 cm³/mol. The van der Waals surface area contributed by atoms with Crippen LogP contribution in [-0.2, 0) is 4.74 Å². The smallest absolute Gasteiger partial charge is 0.0855 e. The number of hydrogen-bond donors (Lipinski definition) is 1. The monoisotopic (exact) mass is 268 g/mol. The van der Waals surface area contributed by atoms with Gasteiger partial charge in [-0.3, -0.25) is 4.90 Å². The maximum atomic E-state index is 6.08. The summed E-state index contributed by atoms with van der Waals surface area (Å²) in [6.07, 6.45) is 7.44. The van der Waals surface area contributed by atoms with Gasteiger partial charge in [0.1, 0.15) is 0 Å². The molecule has 2 atom stereocenters. The van der Waals surface area contributed by atoms with Gasteiger partial charge in [-0.05, 0) is 32.7 Å². The van der Waals surface area contributed by atoms with Gasteiger partial charge in [-0.15, -0.1) is 0 Å². The van der Waals surface area contributed by atoms with Gasteiger partial charge in [0.2, 0.25) is 0 Å². The molecule has 1 saturated carbocycles. The molecule has 0 aromatic carbocycles. The molecule has 0 bridgehead atoms. The second-order valence-corrected chi connectivity index (χ2v) is 6.55. The molecule has 0 amide bonds. The zero-order valence-electron chi connectivity index (χ0n) is 13.0. The summed E-state index contributed by atoms with van der Waals surface area (Å²) in [7, 11) is 0. The molecule has 112 valence electrons. The van der Waals surface area contributed by atoms with Crippen molar-refractivity contribution in [2.45, 2.75) is 71.1 Å². The van der Waals surface area contributed by atoms with Gasteiger partial charge in [0.15, 0.2) is 0 Å². The van der Waals surface area contributed by atoms with Gasteiger partial charge < -0.3 is 10.1 Å². The minimum absolute atomic E-state index is 0.386. The summed E-state index contributed by atoms with van der Waals surface area (Å²) < 4.78 is 6.08. The fraction of sp³-hybridized carbons (Fsp3) is 1.00. The normalized spacial score (nSPS) is 28.1. The largest absolute Gasteiger partial charge is 0.374 e. The molecule has 0 radical (unpaired) electrons. The molecule has 3 heteroatoms. The molecule has 1 aliphatic heterocycles. The summed E-state index contributed by atoms with van der Waals surface area (Å²) in [5, 5.41) is 3.69. The predicted octanol–water partition coefficient (Wildman–Crippen LogP) is 2.65. The molecule has 2 fully saturated rings. The van der Waals surface area contributed by atoms with Crippen LogP contribution in [0.4, 0.5) is 0 Å². The van der Waals surface area contributed by atoms with Crippen molar-refractivity contribution in [1.82, 2.24) is 10.2 Å². The molecular formula is C16H32N2O. The first-order valence-corrected chi connectivity index (χ1v) is 8.29. The van der Waals surface area contributed by atoms with Gasteiger partial charge in [0.05, 0.1) is 12.7 Å². The number of rotatable bonds is 6. The van der Waals surface area contributed by atoms with E-state index >= 15 is 0 Å². The maximum absolute atomic E-state index is 6.08. The first-order chi connectivity index (χ1) is 9.20. The Hall–Kier alpha value is -0.120. The molecule has 2 unspecified atom stereocenters. The summed E-state index contributed by atoms with van der Waals surface area (Å²) in [6.45, 7) is 10.9. The second kappa shape index (κ2) is 7.61. The highest BCUT2D eigenvalue weighted by Gasteiger charge is 2.31. The number of ether oxygens (including phenoxy) is 1. The standard InChI is InChI=1S/C16H32N2O/c1-4-17-15(11-14-7-5-6-8-14)16-12-18(13(2)3)9-10-19-16/h13-17H,4-12H2,1-3H3. The Balaban J connectivity index is 1.89. The van der Waals surface area contributed by atoms with Crippen LogP contribution in [0.1, 0.15) is 52.9 Å². The lowest BCUT2D eigenvalue weighted by atomic mass is 9.94. The van der Waals surface area contributed by atoms with Crippen LogP contribution < -0.4 is 5.32 Å². The van der Waals surface area contributed by atoms with Crippen LogP contribution >= 0.6 is 0 Å². The lowest BCUT2D eigenvalue weighted by Gasteiger charge is -2.40. The lowest BCUT2D eigenvalue weighted by molar-refractivity contribution is -0.0583. The average molecular weight is 268 g/mol. The van der Waals surface area contributed by atoms with Crippen molar-refractivity contribution >= 4 is 0 Å². The number of hydrogen-bond acceptors (Lipinski definition) is 3. The first kappa shape index (κ1) is 15.3. The Bertz CT molecular complexity index is 251. The molecule has 3 nitrogen and oxygen atoms in total. The van der Waals surface area contributed by atoms with Crippen LogP contribution in [0.15, 0.2) is 0 Å². The third-order valence-corrected chi connectivity index (χ3v) is 4.83. The summed E-state index contributed by atoms with van der Waals surface area (Å²) in [4.78, 5) is 2.56. The Kier molecular flexibility index (Phi) is 6.11. The summed E-state index contributed by atoms with van der Waals surface area (Å²) in [6, 6.07) is 1.19. The van der Waals surface area contributed by atoms with Crippen LogP contribution in [0, 0.1) is 5.92 Å². The van der Waals surface area contributed by atoms with E-state index in [1.54, 1.807) is 0 Å². The molecule has 2 aliphatic rings. The fourth-order valence-corrected chi connectivity index (χ4v) is 3.64. The van der Waals surface area contributed by atoms with Crippen LogP contribution in [-0.4, -0.2) is 49.3 Å². The number of nitrogens with one attached hydrogen (secondary N) is 1. The average Bonchev–Trinajstić information content (AvgIpc) is 2.91. The van der Waals surface area contributed by atoms with Gasteiger partial charge >= 0.3 is 0 Å². The van der Waals surface area contributed by atoms with Crippen LogP contribution in [0.25, 0.3) is 0 Å². The molecule has 0 spiro atoms. The van der Waals surface area contributed by atoms with Gasteiger partial charge in [0, 0.05) is 25.2 Å². The zero-order valence-corrected chi connectivity index (χ0v) is 13.0. The van der Waals surface area contributed by atoms with Crippen molar-refractivity contribution in [3.8, 4) is 0 Å². The van der Waals surface area contributed by atoms with Gasteiger partial charge in [-0.2, -0.15) is 0 Å². The van der Waals surface area contributed by atoms with E-state index in [0.29, 0.717) is 18.2 Å². The third-order valence-electron chi connectivity index (χ3n) is 4.83. The van der Waals surface area contributed by atoms with Crippen molar-refractivity contribution < 1.29 is 4.74 Å². The molecule has 1 N–H and O–H groups in total. The highest BCUT2D eigenvalue weighted by atomic mass is 16.5. The van der Waals surface area contributed by atoms with E-state index in [1.807, 2.05) is 0 Å². The van der Waals surface area contributed by atoms with Gasteiger partial charge in [-0.25, -0.2) is 0 Å². The Morgan fingerprint density at radius 2 is 2.00 bits per heavy atom. The van der Waals surface area contributed by atoms with E-state index in [9.17, 15) is 0 Å². The van der Waals surface area contributed by atoms with E-state index < -0.39 is 0 Å². The molecular weight excluding hydrogens is 236 g/mol. The van der Waals surface area contributed by atoms with E-state index in [2.05, 4.69) is 31.0 Å². The number of likely N-dealkylation sites (N-methyl/N-ethyl adjacent to an activating group) is 1. The molecule has 0 aromatic rings. The van der Waals surface area contributed by atoms with Gasteiger partial charge in [0.25, 0.3) is 0 Å². The number of morpholine rings is 1. The summed E-state index contributed by atoms with van der Waals surface area (Å²) >= 11 is 0. The van der Waals surface area contributed by atoms with Crippen molar-refractivity contribution in [3.63, 3.8) is 0 Å². The highest BCUT2D eigenvalue weighted by Crippen LogP contribution is 2.30. The molecule has 1 aliphatic carbocycles. The fourth-order valence-electron chi connectivity index (χ4n) is 3.64. The molecule has 19 heavy (non-hydrogen) atoms. The third kappa shape index (κ3) is 4.44. The Labute approximate surface area is 119 Å². The zero-order chi connectivity index (χ0) is 13.7. The van der Waals surface area contributed by atoms with Crippen molar-refractivity contribution in [2.75, 3.05) is 26.2 Å². The highest BCUT2D eigenvalue weighted by molar-refractivity contribution is 4.86. The molecule has 0 aromatic heterocycles.